The third-order valence-corrected chi connectivity index (χ3v) is 10.1. The van der Waals surface area contributed by atoms with Gasteiger partial charge in [-0.2, -0.15) is 4.31 Å². The summed E-state index contributed by atoms with van der Waals surface area (Å²) in [6.45, 7) is 4.31. The first kappa shape index (κ1) is 25.2. The molecule has 1 saturated carbocycles. The van der Waals surface area contributed by atoms with Gasteiger partial charge in [-0.3, -0.25) is 4.90 Å². The summed E-state index contributed by atoms with van der Waals surface area (Å²) in [5.74, 6) is 0.577. The van der Waals surface area contributed by atoms with E-state index >= 15 is 0 Å². The number of hydrogen-bond donors (Lipinski definition) is 0. The maximum absolute atomic E-state index is 13.9. The van der Waals surface area contributed by atoms with E-state index in [1.165, 1.54) is 31.2 Å². The fourth-order valence-corrected chi connectivity index (χ4v) is 7.84. The molecule has 1 saturated heterocycles. The summed E-state index contributed by atoms with van der Waals surface area (Å²) < 4.78 is 29.5. The molecule has 1 aliphatic carbocycles. The normalized spacial score (nSPS) is 22.1. The van der Waals surface area contributed by atoms with Crippen LogP contribution in [0.2, 0.25) is 0 Å². The van der Waals surface area contributed by atoms with Gasteiger partial charge in [-0.15, -0.1) is 0 Å². The van der Waals surface area contributed by atoms with Crippen LogP contribution in [-0.2, 0) is 16.6 Å². The average molecular weight is 503 g/mol. The molecule has 0 spiro atoms. The molecule has 1 aliphatic heterocycles. The van der Waals surface area contributed by atoms with Gasteiger partial charge in [0.2, 0.25) is 10.0 Å². The van der Waals surface area contributed by atoms with Crippen LogP contribution < -0.4 is 0 Å². The first-order chi connectivity index (χ1) is 17.5. The Bertz CT molecular complexity index is 1200. The van der Waals surface area contributed by atoms with Crippen molar-refractivity contribution in [1.29, 1.82) is 0 Å². The van der Waals surface area contributed by atoms with E-state index in [9.17, 15) is 8.42 Å². The van der Waals surface area contributed by atoms with Crippen molar-refractivity contribution >= 4 is 10.0 Å². The summed E-state index contributed by atoms with van der Waals surface area (Å²) >= 11 is 0. The van der Waals surface area contributed by atoms with Crippen molar-refractivity contribution in [2.24, 2.45) is 0 Å². The van der Waals surface area contributed by atoms with Gasteiger partial charge in [0.15, 0.2) is 0 Å². The molecule has 0 amide bonds. The molecule has 5 rings (SSSR count). The Morgan fingerprint density at radius 1 is 0.778 bits per heavy atom. The summed E-state index contributed by atoms with van der Waals surface area (Å²) in [7, 11) is -3.60. The summed E-state index contributed by atoms with van der Waals surface area (Å²) in [4.78, 5) is 3.05. The monoisotopic (exact) mass is 502 g/mol. The van der Waals surface area contributed by atoms with Gasteiger partial charge in [0.25, 0.3) is 0 Å². The number of hydrogen-bond acceptors (Lipinski definition) is 3. The molecule has 5 heteroatoms. The van der Waals surface area contributed by atoms with E-state index in [1.807, 2.05) is 49.4 Å². The average Bonchev–Trinajstić information content (AvgIpc) is 2.93. The molecule has 2 fully saturated rings. The number of rotatable bonds is 7. The van der Waals surface area contributed by atoms with Gasteiger partial charge in [-0.05, 0) is 74.9 Å². The molecule has 2 atom stereocenters. The molecule has 4 nitrogen and oxygen atoms in total. The van der Waals surface area contributed by atoms with Crippen molar-refractivity contribution in [3.63, 3.8) is 0 Å². The van der Waals surface area contributed by atoms with E-state index in [0.29, 0.717) is 23.4 Å². The Hall–Kier alpha value is -2.47. The minimum atomic E-state index is -3.60. The van der Waals surface area contributed by atoms with Crippen molar-refractivity contribution in [3.05, 3.63) is 102 Å². The van der Waals surface area contributed by atoms with Crippen LogP contribution in [-0.4, -0.2) is 42.8 Å². The number of benzene rings is 3. The number of piperidine rings is 1. The summed E-state index contributed by atoms with van der Waals surface area (Å²) in [6.07, 6.45) is 6.81. The van der Waals surface area contributed by atoms with E-state index in [1.54, 1.807) is 16.4 Å². The first-order valence-electron chi connectivity index (χ1n) is 13.4. The van der Waals surface area contributed by atoms with E-state index in [2.05, 4.69) is 35.2 Å². The van der Waals surface area contributed by atoms with Crippen molar-refractivity contribution < 1.29 is 8.42 Å². The summed E-state index contributed by atoms with van der Waals surface area (Å²) in [5, 5.41) is 0. The van der Waals surface area contributed by atoms with E-state index in [-0.39, 0.29) is 6.04 Å². The zero-order valence-corrected chi connectivity index (χ0v) is 22.1. The minimum absolute atomic E-state index is 0.00604. The Morgan fingerprint density at radius 3 is 2.06 bits per heavy atom. The largest absolute Gasteiger partial charge is 0.300 e. The number of nitrogens with zero attached hydrogens (tertiary/aromatic N) is 2. The molecule has 0 bridgehead atoms. The maximum Gasteiger partial charge on any atom is 0.243 e. The Balaban J connectivity index is 1.35. The highest BCUT2D eigenvalue weighted by Crippen LogP contribution is 2.38. The van der Waals surface area contributed by atoms with Crippen molar-refractivity contribution in [3.8, 4) is 0 Å². The Labute approximate surface area is 217 Å². The van der Waals surface area contributed by atoms with E-state index < -0.39 is 10.0 Å². The second-order valence-electron chi connectivity index (χ2n) is 10.5. The van der Waals surface area contributed by atoms with Crippen LogP contribution in [0.15, 0.2) is 89.8 Å². The van der Waals surface area contributed by atoms with Crippen molar-refractivity contribution in [1.82, 2.24) is 9.21 Å². The Morgan fingerprint density at radius 2 is 1.39 bits per heavy atom. The molecule has 190 valence electrons. The fraction of sp³-hybridized carbons (Fsp3) is 0.419. The maximum atomic E-state index is 13.9. The zero-order valence-electron chi connectivity index (χ0n) is 21.3. The number of sulfonamides is 1. The Kier molecular flexibility index (Phi) is 7.90. The molecule has 0 radical (unpaired) electrons. The predicted molar refractivity (Wildman–Crippen MR) is 146 cm³/mol. The molecule has 2 aliphatic rings. The van der Waals surface area contributed by atoms with Crippen LogP contribution >= 0.6 is 0 Å². The lowest BCUT2D eigenvalue weighted by Gasteiger charge is -2.45. The number of aryl methyl sites for hydroxylation is 1. The zero-order chi connectivity index (χ0) is 25.0. The van der Waals surface area contributed by atoms with Gasteiger partial charge < -0.3 is 0 Å². The highest BCUT2D eigenvalue weighted by molar-refractivity contribution is 7.89. The lowest BCUT2D eigenvalue weighted by molar-refractivity contribution is 0.0834. The minimum Gasteiger partial charge on any atom is -0.300 e. The van der Waals surface area contributed by atoms with Gasteiger partial charge in [0.1, 0.15) is 0 Å². The van der Waals surface area contributed by atoms with Gasteiger partial charge >= 0.3 is 0 Å². The molecule has 0 aromatic heterocycles. The SMILES string of the molecule is Cc1ccc(S(=O)(=O)N(Cc2ccccc2)C2CCN(C3CCCCC3c3ccccc3)CC2)cc1. The second kappa shape index (κ2) is 11.3. The highest BCUT2D eigenvalue weighted by Gasteiger charge is 2.37. The highest BCUT2D eigenvalue weighted by atomic mass is 32.2. The molecule has 36 heavy (non-hydrogen) atoms. The molecule has 1 heterocycles. The fourth-order valence-electron chi connectivity index (χ4n) is 6.16. The number of likely N-dealkylation sites (tertiary alicyclic amines) is 1. The first-order valence-corrected chi connectivity index (χ1v) is 14.9. The molecule has 0 N–H and O–H groups in total. The molecule has 3 aromatic carbocycles. The van der Waals surface area contributed by atoms with Crippen LogP contribution in [0.4, 0.5) is 0 Å². The van der Waals surface area contributed by atoms with Crippen LogP contribution in [0.5, 0.6) is 0 Å². The van der Waals surface area contributed by atoms with Crippen LogP contribution in [0.3, 0.4) is 0 Å². The predicted octanol–water partition coefficient (Wildman–Crippen LogP) is 6.38. The third-order valence-electron chi connectivity index (χ3n) is 8.14. The molecule has 3 aromatic rings. The second-order valence-corrected chi connectivity index (χ2v) is 12.4. The smallest absolute Gasteiger partial charge is 0.243 e. The molecular weight excluding hydrogens is 464 g/mol. The van der Waals surface area contributed by atoms with Crippen LogP contribution in [0.1, 0.15) is 61.1 Å². The van der Waals surface area contributed by atoms with Crippen LogP contribution in [0, 0.1) is 6.92 Å². The lowest BCUT2D eigenvalue weighted by atomic mass is 9.78. The van der Waals surface area contributed by atoms with Gasteiger partial charge in [-0.25, -0.2) is 8.42 Å². The standard InChI is InChI=1S/C31H38N2O2S/c1-25-16-18-29(19-17-25)36(34,35)33(24-26-10-4-2-5-11-26)28-20-22-32(23-21-28)31-15-9-8-14-30(31)27-12-6-3-7-13-27/h2-7,10-13,16-19,28,30-31H,8-9,14-15,20-24H2,1H3. The molecule has 2 unspecified atom stereocenters. The van der Waals surface area contributed by atoms with E-state index in [0.717, 1.165) is 37.1 Å². The van der Waals surface area contributed by atoms with Crippen molar-refractivity contribution in [2.75, 3.05) is 13.1 Å². The third kappa shape index (κ3) is 5.59. The van der Waals surface area contributed by atoms with Crippen LogP contribution in [0.25, 0.3) is 0 Å². The van der Waals surface area contributed by atoms with Crippen molar-refractivity contribution in [2.45, 2.75) is 74.9 Å². The summed E-state index contributed by atoms with van der Waals surface area (Å²) in [5.41, 5.74) is 3.56. The van der Waals surface area contributed by atoms with Gasteiger partial charge in [0, 0.05) is 18.6 Å². The lowest BCUT2D eigenvalue weighted by Crippen LogP contribution is -2.51. The molecular formula is C31H38N2O2S. The van der Waals surface area contributed by atoms with E-state index in [4.69, 9.17) is 0 Å². The van der Waals surface area contributed by atoms with Gasteiger partial charge in [0.05, 0.1) is 4.90 Å². The van der Waals surface area contributed by atoms with Gasteiger partial charge in [-0.1, -0.05) is 91.2 Å². The topological polar surface area (TPSA) is 40.6 Å². The summed E-state index contributed by atoms with van der Waals surface area (Å²) in [6, 6.07) is 28.8. The quantitative estimate of drug-likeness (QED) is 0.377.